The van der Waals surface area contributed by atoms with Crippen LogP contribution in [0.4, 0.5) is 0 Å². The van der Waals surface area contributed by atoms with Crippen molar-refractivity contribution >= 4 is 11.8 Å². The van der Waals surface area contributed by atoms with Crippen LogP contribution in [0.5, 0.6) is 0 Å². The number of imide groups is 1. The molecule has 102 valence electrons. The number of carbonyl (C=O) groups is 2. The van der Waals surface area contributed by atoms with E-state index in [0.29, 0.717) is 6.42 Å². The lowest BCUT2D eigenvalue weighted by molar-refractivity contribution is -0.144. The second-order valence-corrected chi connectivity index (χ2v) is 5.95. The quantitative estimate of drug-likeness (QED) is 0.759. The number of likely N-dealkylation sites (tertiary alicyclic amines) is 1. The molecule has 0 saturated carbocycles. The first kappa shape index (κ1) is 13.5. The topological polar surface area (TPSA) is 49.4 Å². The highest BCUT2D eigenvalue weighted by Gasteiger charge is 2.47. The molecule has 0 bridgehead atoms. The molecule has 4 heteroatoms. The molecule has 18 heavy (non-hydrogen) atoms. The average Bonchev–Trinajstić information content (AvgIpc) is 2.48. The Morgan fingerprint density at radius 2 is 2.11 bits per heavy atom. The van der Waals surface area contributed by atoms with Gasteiger partial charge in [-0.25, -0.2) is 0 Å². The van der Waals surface area contributed by atoms with E-state index in [9.17, 15) is 9.59 Å². The van der Waals surface area contributed by atoms with Crippen LogP contribution in [0.3, 0.4) is 0 Å². The van der Waals surface area contributed by atoms with E-state index in [1.807, 2.05) is 0 Å². The third-order valence-electron chi connectivity index (χ3n) is 4.61. The van der Waals surface area contributed by atoms with Crippen molar-refractivity contribution in [3.05, 3.63) is 0 Å². The van der Waals surface area contributed by atoms with E-state index in [1.165, 1.54) is 0 Å². The Morgan fingerprint density at radius 3 is 2.83 bits per heavy atom. The molecule has 0 radical (unpaired) electrons. The zero-order valence-corrected chi connectivity index (χ0v) is 11.5. The lowest BCUT2D eigenvalue weighted by Crippen LogP contribution is -2.52. The fraction of sp³-hybridized carbons (Fsp3) is 0.857. The van der Waals surface area contributed by atoms with E-state index in [-0.39, 0.29) is 23.1 Å². The predicted molar refractivity (Wildman–Crippen MR) is 69.9 cm³/mol. The summed E-state index contributed by atoms with van der Waals surface area (Å²) in [6.07, 6.45) is 5.54. The number of hydrogen-bond acceptors (Lipinski definition) is 3. The van der Waals surface area contributed by atoms with Crippen molar-refractivity contribution in [3.63, 3.8) is 0 Å². The zero-order chi connectivity index (χ0) is 13.2. The Kier molecular flexibility index (Phi) is 4.05. The highest BCUT2D eigenvalue weighted by atomic mass is 16.2. The van der Waals surface area contributed by atoms with Gasteiger partial charge in [-0.1, -0.05) is 13.3 Å². The van der Waals surface area contributed by atoms with E-state index < -0.39 is 0 Å². The molecule has 2 fully saturated rings. The Labute approximate surface area is 109 Å². The first-order chi connectivity index (χ1) is 8.57. The molecular weight excluding hydrogens is 228 g/mol. The van der Waals surface area contributed by atoms with Gasteiger partial charge in [0.2, 0.25) is 11.8 Å². The largest absolute Gasteiger partial charge is 0.306 e. The van der Waals surface area contributed by atoms with Crippen LogP contribution in [0, 0.1) is 11.3 Å². The van der Waals surface area contributed by atoms with Gasteiger partial charge in [-0.3, -0.25) is 14.9 Å². The highest BCUT2D eigenvalue weighted by Crippen LogP contribution is 2.45. The van der Waals surface area contributed by atoms with Gasteiger partial charge >= 0.3 is 0 Å². The molecule has 2 amide bonds. The third-order valence-corrected chi connectivity index (χ3v) is 4.61. The maximum absolute atomic E-state index is 12.1. The Bertz CT molecular complexity index is 343. The Hall–Kier alpha value is -0.900. The van der Waals surface area contributed by atoms with Crippen LogP contribution >= 0.6 is 0 Å². The van der Waals surface area contributed by atoms with Gasteiger partial charge in [0, 0.05) is 12.3 Å². The lowest BCUT2D eigenvalue weighted by Gasteiger charge is -2.42. The summed E-state index contributed by atoms with van der Waals surface area (Å²) in [5.41, 5.74) is -0.0693. The zero-order valence-electron chi connectivity index (χ0n) is 11.5. The molecule has 1 spiro atoms. The lowest BCUT2D eigenvalue weighted by atomic mass is 9.64. The van der Waals surface area contributed by atoms with Gasteiger partial charge in [0.05, 0.1) is 0 Å². The van der Waals surface area contributed by atoms with Crippen LogP contribution in [0.15, 0.2) is 0 Å². The number of amides is 2. The molecule has 2 unspecified atom stereocenters. The van der Waals surface area contributed by atoms with Crippen molar-refractivity contribution in [1.82, 2.24) is 10.2 Å². The van der Waals surface area contributed by atoms with Gasteiger partial charge in [0.1, 0.15) is 0 Å². The number of piperidine rings is 1. The van der Waals surface area contributed by atoms with Crippen LogP contribution in [-0.2, 0) is 9.59 Å². The van der Waals surface area contributed by atoms with Crippen molar-refractivity contribution in [1.29, 1.82) is 0 Å². The van der Waals surface area contributed by atoms with Gasteiger partial charge in [-0.05, 0) is 51.2 Å². The maximum Gasteiger partial charge on any atom is 0.230 e. The minimum absolute atomic E-state index is 0.0300. The van der Waals surface area contributed by atoms with E-state index in [4.69, 9.17) is 0 Å². The van der Waals surface area contributed by atoms with Crippen LogP contribution in [0.2, 0.25) is 0 Å². The fourth-order valence-electron chi connectivity index (χ4n) is 3.59. The van der Waals surface area contributed by atoms with Crippen molar-refractivity contribution in [2.45, 2.75) is 45.4 Å². The molecule has 1 N–H and O–H groups in total. The predicted octanol–water partition coefficient (Wildman–Crippen LogP) is 1.55. The minimum Gasteiger partial charge on any atom is -0.306 e. The van der Waals surface area contributed by atoms with E-state index in [2.05, 4.69) is 24.2 Å². The molecule has 2 saturated heterocycles. The summed E-state index contributed by atoms with van der Waals surface area (Å²) in [5, 5.41) is 2.53. The molecule has 0 aromatic heterocycles. The fourth-order valence-corrected chi connectivity index (χ4v) is 3.59. The van der Waals surface area contributed by atoms with E-state index >= 15 is 0 Å². The SMILES string of the molecule is CCCC1C(=O)NC(=O)CC12CCCN(C)CC2. The maximum atomic E-state index is 12.1. The molecule has 2 atom stereocenters. The first-order valence-electron chi connectivity index (χ1n) is 7.09. The standard InChI is InChI=1S/C14H24N2O2/c1-3-5-11-13(18)15-12(17)10-14(11)6-4-8-16(2)9-7-14/h11H,3-10H2,1-2H3,(H,15,17,18). The van der Waals surface area contributed by atoms with Gasteiger partial charge in [-0.2, -0.15) is 0 Å². The molecule has 0 aromatic carbocycles. The average molecular weight is 252 g/mol. The van der Waals surface area contributed by atoms with Crippen LogP contribution in [-0.4, -0.2) is 36.9 Å². The Morgan fingerprint density at radius 1 is 1.33 bits per heavy atom. The van der Waals surface area contributed by atoms with Crippen molar-refractivity contribution in [3.8, 4) is 0 Å². The molecule has 2 aliphatic heterocycles. The van der Waals surface area contributed by atoms with Crippen LogP contribution in [0.25, 0.3) is 0 Å². The second kappa shape index (κ2) is 5.39. The van der Waals surface area contributed by atoms with Crippen molar-refractivity contribution < 1.29 is 9.59 Å². The summed E-state index contributed by atoms with van der Waals surface area (Å²) in [5.74, 6) is -0.0683. The first-order valence-corrected chi connectivity index (χ1v) is 7.09. The summed E-state index contributed by atoms with van der Waals surface area (Å²) >= 11 is 0. The molecule has 4 nitrogen and oxygen atoms in total. The summed E-state index contributed by atoms with van der Waals surface area (Å²) in [4.78, 5) is 26.2. The smallest absolute Gasteiger partial charge is 0.230 e. The van der Waals surface area contributed by atoms with Crippen molar-refractivity contribution in [2.75, 3.05) is 20.1 Å². The number of nitrogens with one attached hydrogen (secondary N) is 1. The number of hydrogen-bond donors (Lipinski definition) is 1. The molecule has 0 aromatic rings. The van der Waals surface area contributed by atoms with E-state index in [0.717, 1.165) is 45.2 Å². The third kappa shape index (κ3) is 2.58. The van der Waals surface area contributed by atoms with Gasteiger partial charge in [-0.15, -0.1) is 0 Å². The summed E-state index contributed by atoms with van der Waals surface area (Å²) in [6, 6.07) is 0. The molecular formula is C14H24N2O2. The number of carbonyl (C=O) groups excluding carboxylic acids is 2. The van der Waals surface area contributed by atoms with Gasteiger partial charge in [0.15, 0.2) is 0 Å². The molecule has 0 aliphatic carbocycles. The molecule has 2 heterocycles. The molecule has 2 aliphatic rings. The molecule has 2 rings (SSSR count). The minimum atomic E-state index is -0.0723. The normalized spacial score (nSPS) is 34.4. The van der Waals surface area contributed by atoms with Crippen LogP contribution < -0.4 is 5.32 Å². The van der Waals surface area contributed by atoms with E-state index in [1.54, 1.807) is 0 Å². The van der Waals surface area contributed by atoms with Gasteiger partial charge < -0.3 is 4.90 Å². The monoisotopic (exact) mass is 252 g/mol. The summed E-state index contributed by atoms with van der Waals surface area (Å²) in [7, 11) is 2.12. The van der Waals surface area contributed by atoms with Crippen LogP contribution in [0.1, 0.15) is 45.4 Å². The van der Waals surface area contributed by atoms with Gasteiger partial charge in [0.25, 0.3) is 0 Å². The second-order valence-electron chi connectivity index (χ2n) is 5.95. The number of rotatable bonds is 2. The summed E-state index contributed by atoms with van der Waals surface area (Å²) < 4.78 is 0. The Balaban J connectivity index is 2.23. The number of nitrogens with zero attached hydrogens (tertiary/aromatic N) is 1. The summed E-state index contributed by atoms with van der Waals surface area (Å²) in [6.45, 7) is 4.19. The highest BCUT2D eigenvalue weighted by molar-refractivity contribution is 5.99. The van der Waals surface area contributed by atoms with Crippen molar-refractivity contribution in [2.24, 2.45) is 11.3 Å².